The minimum absolute atomic E-state index is 0.296. The van der Waals surface area contributed by atoms with Gasteiger partial charge in [0.25, 0.3) is 0 Å². The molecule has 0 bridgehead atoms. The molecule has 0 amide bonds. The Balaban J connectivity index is 2.23. The molecule has 0 spiro atoms. The number of allylic oxidation sites excluding steroid dienone is 5. The molecule has 0 nitrogen and oxygen atoms in total. The third kappa shape index (κ3) is 2.86. The normalized spacial score (nSPS) is 22.7. The summed E-state index contributed by atoms with van der Waals surface area (Å²) in [6.45, 7) is 21.5. The van der Waals surface area contributed by atoms with Crippen LogP contribution in [0.1, 0.15) is 83.1 Å². The predicted octanol–water partition coefficient (Wildman–Crippen LogP) is 8.90. The van der Waals surface area contributed by atoms with Crippen LogP contribution >= 0.6 is 0 Å². The summed E-state index contributed by atoms with van der Waals surface area (Å²) in [6, 6.07) is 4.96. The van der Waals surface area contributed by atoms with Crippen molar-refractivity contribution >= 4 is 6.08 Å². The summed E-state index contributed by atoms with van der Waals surface area (Å²) in [4.78, 5) is 0. The van der Waals surface area contributed by atoms with Crippen LogP contribution in [0.5, 0.6) is 0 Å². The molecule has 2 aliphatic carbocycles. The van der Waals surface area contributed by atoms with Crippen LogP contribution in [0.15, 0.2) is 37.8 Å². The molecular formula is C27H40Hf. The van der Waals surface area contributed by atoms with Gasteiger partial charge in [0.15, 0.2) is 0 Å². The van der Waals surface area contributed by atoms with E-state index in [1.165, 1.54) is 23.1 Å². The van der Waals surface area contributed by atoms with E-state index in [2.05, 4.69) is 89.9 Å². The molecule has 0 saturated carbocycles. The Morgan fingerprint density at radius 3 is 1.93 bits per heavy atom. The third-order valence-electron chi connectivity index (χ3n) is 9.05. The third-order valence-corrected chi connectivity index (χ3v) is 27.6. The topological polar surface area (TPSA) is 0 Å². The quantitative estimate of drug-likeness (QED) is 0.333. The Hall–Kier alpha value is -0.690. The second-order valence-electron chi connectivity index (χ2n) is 10.3. The Morgan fingerprint density at radius 1 is 0.929 bits per heavy atom. The van der Waals surface area contributed by atoms with Crippen molar-refractivity contribution in [2.45, 2.75) is 87.2 Å². The van der Waals surface area contributed by atoms with Gasteiger partial charge in [0.1, 0.15) is 0 Å². The van der Waals surface area contributed by atoms with E-state index >= 15 is 0 Å². The van der Waals surface area contributed by atoms with Gasteiger partial charge in [-0.3, -0.25) is 0 Å². The number of hydrogen-bond donors (Lipinski definition) is 0. The standard InChI is InChI=1S/C15H19.C10H15.2CH3.Hf/c1-5-10(2)14-7-6-13-8-11(3)12(4)9-15(13)14;1-6-7(2)9(4)10(5)8(6)3;;;/h6,8-10,14H,5H2,1-4H3;1-5H3;2*1H3;. The average molecular weight is 543 g/mol. The molecular weight excluding hydrogens is 503 g/mol. The summed E-state index contributed by atoms with van der Waals surface area (Å²) < 4.78 is 7.59. The van der Waals surface area contributed by atoms with Crippen LogP contribution in [-0.4, -0.2) is 0 Å². The van der Waals surface area contributed by atoms with Gasteiger partial charge in [-0.15, -0.1) is 0 Å². The summed E-state index contributed by atoms with van der Waals surface area (Å²) in [7, 11) is 0. The molecule has 1 aromatic carbocycles. The summed E-state index contributed by atoms with van der Waals surface area (Å²) in [5, 5.41) is 0. The van der Waals surface area contributed by atoms with Crippen LogP contribution in [0.3, 0.4) is 0 Å². The molecule has 0 N–H and O–H groups in total. The summed E-state index contributed by atoms with van der Waals surface area (Å²) in [5.74, 6) is 1.32. The molecule has 1 heteroatoms. The first-order valence-electron chi connectivity index (χ1n) is 11.1. The molecule has 0 aliphatic heterocycles. The second kappa shape index (κ2) is 7.22. The van der Waals surface area contributed by atoms with E-state index < -0.39 is 20.0 Å². The first-order valence-corrected chi connectivity index (χ1v) is 21.9. The fraction of sp³-hybridized carbons (Fsp3) is 0.556. The summed E-state index contributed by atoms with van der Waals surface area (Å²) in [6.07, 6.45) is 3.89. The molecule has 2 unspecified atom stereocenters. The molecule has 152 valence electrons. The Morgan fingerprint density at radius 2 is 1.43 bits per heavy atom. The van der Waals surface area contributed by atoms with Gasteiger partial charge in [-0.05, 0) is 0 Å². The van der Waals surface area contributed by atoms with E-state index in [0.717, 1.165) is 0 Å². The molecule has 0 fully saturated rings. The number of hydrogen-bond acceptors (Lipinski definition) is 0. The van der Waals surface area contributed by atoms with Crippen molar-refractivity contribution in [3.8, 4) is 0 Å². The second-order valence-corrected chi connectivity index (χ2v) is 27.6. The van der Waals surface area contributed by atoms with Crippen LogP contribution in [0.25, 0.3) is 6.08 Å². The van der Waals surface area contributed by atoms with Gasteiger partial charge in [0, 0.05) is 0 Å². The van der Waals surface area contributed by atoms with Gasteiger partial charge >= 0.3 is 179 Å². The molecule has 2 atom stereocenters. The Kier molecular flexibility index (Phi) is 5.68. The van der Waals surface area contributed by atoms with E-state index in [4.69, 9.17) is 0 Å². The van der Waals surface area contributed by atoms with Crippen molar-refractivity contribution in [3.63, 3.8) is 0 Å². The van der Waals surface area contributed by atoms with Crippen molar-refractivity contribution in [3.05, 3.63) is 60.0 Å². The zero-order valence-electron chi connectivity index (χ0n) is 20.1. The van der Waals surface area contributed by atoms with Crippen LogP contribution in [-0.2, 0) is 20.0 Å². The summed E-state index contributed by atoms with van der Waals surface area (Å²) in [5.41, 5.74) is 12.4. The Labute approximate surface area is 178 Å². The zero-order valence-corrected chi connectivity index (χ0v) is 23.7. The number of fused-ring (bicyclic) bond motifs is 1. The maximum atomic E-state index is 2.72. The van der Waals surface area contributed by atoms with Gasteiger partial charge in [-0.1, -0.05) is 0 Å². The van der Waals surface area contributed by atoms with Crippen molar-refractivity contribution in [1.29, 1.82) is 0 Å². The van der Waals surface area contributed by atoms with E-state index in [0.29, 0.717) is 15.0 Å². The van der Waals surface area contributed by atoms with Crippen molar-refractivity contribution in [1.82, 2.24) is 0 Å². The van der Waals surface area contributed by atoms with Crippen LogP contribution in [0, 0.1) is 19.8 Å². The first-order chi connectivity index (χ1) is 12.9. The van der Waals surface area contributed by atoms with Crippen molar-refractivity contribution in [2.75, 3.05) is 0 Å². The maximum absolute atomic E-state index is 2.92. The predicted molar refractivity (Wildman–Crippen MR) is 123 cm³/mol. The van der Waals surface area contributed by atoms with Crippen LogP contribution in [0.2, 0.25) is 12.5 Å². The van der Waals surface area contributed by atoms with Gasteiger partial charge < -0.3 is 0 Å². The van der Waals surface area contributed by atoms with Crippen LogP contribution < -0.4 is 0 Å². The van der Waals surface area contributed by atoms with Crippen molar-refractivity contribution in [2.24, 2.45) is 5.92 Å². The molecule has 0 heterocycles. The molecule has 0 saturated heterocycles. The van der Waals surface area contributed by atoms with Gasteiger partial charge in [0.2, 0.25) is 0 Å². The molecule has 0 aromatic heterocycles. The number of benzene rings is 1. The van der Waals surface area contributed by atoms with Crippen molar-refractivity contribution < 1.29 is 20.0 Å². The monoisotopic (exact) mass is 544 g/mol. The van der Waals surface area contributed by atoms with E-state index in [9.17, 15) is 0 Å². The molecule has 3 rings (SSSR count). The molecule has 2 aliphatic rings. The SMILES string of the molecule is CCC(C)C1[C]([Hf]([CH3])([CH3])[C]2(C)C(C)=C(C)C(C)=C2C)=Cc2cc(C)c(C)cc21. The zero-order chi connectivity index (χ0) is 21.2. The minimum atomic E-state index is -2.92. The fourth-order valence-corrected chi connectivity index (χ4v) is 22.3. The number of aryl methyl sites for hydroxylation is 2. The van der Waals surface area contributed by atoms with Gasteiger partial charge in [-0.25, -0.2) is 0 Å². The molecule has 1 aromatic rings. The molecule has 0 radical (unpaired) electrons. The Bertz CT molecular complexity index is 896. The van der Waals surface area contributed by atoms with Gasteiger partial charge in [-0.2, -0.15) is 0 Å². The summed E-state index contributed by atoms with van der Waals surface area (Å²) >= 11 is -2.92. The van der Waals surface area contributed by atoms with Crippen LogP contribution in [0.4, 0.5) is 0 Å². The number of rotatable bonds is 4. The van der Waals surface area contributed by atoms with E-state index in [1.54, 1.807) is 27.9 Å². The van der Waals surface area contributed by atoms with Gasteiger partial charge in [0.05, 0.1) is 0 Å². The first kappa shape index (κ1) is 22.0. The van der Waals surface area contributed by atoms with E-state index in [1.807, 2.05) is 3.33 Å². The molecule has 28 heavy (non-hydrogen) atoms. The fourth-order valence-electron chi connectivity index (χ4n) is 5.92. The van der Waals surface area contributed by atoms with E-state index in [-0.39, 0.29) is 0 Å². The average Bonchev–Trinajstić information content (AvgIpc) is 3.09.